The molecule has 8 heteroatoms. The fourth-order valence-corrected chi connectivity index (χ4v) is 3.69. The molecule has 4 aromatic rings. The van der Waals surface area contributed by atoms with Crippen molar-refractivity contribution >= 4 is 34.5 Å². The summed E-state index contributed by atoms with van der Waals surface area (Å²) in [5.74, 6) is -0.169. The number of aromatic nitrogens is 4. The molecule has 1 N–H and O–H groups in total. The van der Waals surface area contributed by atoms with Crippen LogP contribution in [0.15, 0.2) is 48.9 Å². The average Bonchev–Trinajstić information content (AvgIpc) is 3.23. The van der Waals surface area contributed by atoms with Crippen molar-refractivity contribution in [3.05, 3.63) is 70.2 Å². The minimum atomic E-state index is -0.169. The summed E-state index contributed by atoms with van der Waals surface area (Å²) in [5.41, 5.74) is 2.99. The van der Waals surface area contributed by atoms with Crippen molar-refractivity contribution in [1.82, 2.24) is 24.7 Å². The summed E-state index contributed by atoms with van der Waals surface area (Å²) in [7, 11) is 0. The van der Waals surface area contributed by atoms with Crippen LogP contribution in [0, 0.1) is 6.92 Å². The molecule has 4 aromatic heterocycles. The van der Waals surface area contributed by atoms with Crippen LogP contribution in [0.3, 0.4) is 0 Å². The minimum Gasteiger partial charge on any atom is -0.346 e. The van der Waals surface area contributed by atoms with Gasteiger partial charge < -0.3 is 9.72 Å². The number of fused-ring (bicyclic) bond motifs is 1. The Bertz CT molecular complexity index is 1090. The van der Waals surface area contributed by atoms with Crippen molar-refractivity contribution in [2.24, 2.45) is 0 Å². The summed E-state index contributed by atoms with van der Waals surface area (Å²) >= 11 is 7.31. The minimum absolute atomic E-state index is 0.169. The van der Waals surface area contributed by atoms with Crippen LogP contribution in [-0.4, -0.2) is 25.3 Å². The number of halogens is 1. The summed E-state index contributed by atoms with van der Waals surface area (Å²) in [6.45, 7) is 2.15. The fraction of sp³-hybridized carbons (Fsp3) is 0.111. The smallest absolute Gasteiger partial charge is 0.263 e. The van der Waals surface area contributed by atoms with E-state index in [-0.39, 0.29) is 5.91 Å². The van der Waals surface area contributed by atoms with Crippen LogP contribution in [0.2, 0.25) is 5.02 Å². The molecule has 1 amide bonds. The van der Waals surface area contributed by atoms with Gasteiger partial charge in [0.25, 0.3) is 5.91 Å². The molecular formula is C18H14ClN5OS. The second kappa shape index (κ2) is 6.86. The van der Waals surface area contributed by atoms with Crippen LogP contribution < -0.4 is 5.32 Å². The third kappa shape index (κ3) is 3.31. The molecule has 26 heavy (non-hydrogen) atoms. The van der Waals surface area contributed by atoms with Crippen molar-refractivity contribution in [2.75, 3.05) is 0 Å². The lowest BCUT2D eigenvalue weighted by molar-refractivity contribution is 0.0953. The summed E-state index contributed by atoms with van der Waals surface area (Å²) in [4.78, 5) is 26.3. The Kier molecular flexibility index (Phi) is 4.40. The highest BCUT2D eigenvalue weighted by Crippen LogP contribution is 2.26. The van der Waals surface area contributed by atoms with Gasteiger partial charge in [0.2, 0.25) is 0 Å². The highest BCUT2D eigenvalue weighted by atomic mass is 35.5. The quantitative estimate of drug-likeness (QED) is 0.582. The van der Waals surface area contributed by atoms with E-state index in [0.29, 0.717) is 22.1 Å². The number of nitrogens with zero attached hydrogens (tertiary/aromatic N) is 4. The SMILES string of the molecule is Cc1nc(-c2ccccn2)sc1C(=O)NCc1cn2cc(Cl)ccc2n1. The van der Waals surface area contributed by atoms with Gasteiger partial charge in [-0.1, -0.05) is 17.7 Å². The zero-order chi connectivity index (χ0) is 18.1. The predicted octanol–water partition coefficient (Wildman–Crippen LogP) is 3.74. The molecule has 4 heterocycles. The molecule has 0 radical (unpaired) electrons. The number of imidazole rings is 1. The summed E-state index contributed by atoms with van der Waals surface area (Å²) < 4.78 is 1.83. The number of aryl methyl sites for hydroxylation is 1. The first-order valence-corrected chi connectivity index (χ1v) is 9.10. The molecule has 0 spiro atoms. The molecule has 6 nitrogen and oxygen atoms in total. The van der Waals surface area contributed by atoms with Gasteiger partial charge in [0.15, 0.2) is 0 Å². The normalized spacial score (nSPS) is 11.0. The molecule has 0 unspecified atom stereocenters. The molecule has 0 aromatic carbocycles. The van der Waals surface area contributed by atoms with Crippen LogP contribution in [0.25, 0.3) is 16.3 Å². The standard InChI is InChI=1S/C18H14ClN5OS/c1-11-16(26-18(22-11)14-4-2-3-7-20-14)17(25)21-8-13-10-24-9-12(19)5-6-15(24)23-13/h2-7,9-10H,8H2,1H3,(H,21,25). The van der Waals surface area contributed by atoms with Gasteiger partial charge in [0, 0.05) is 18.6 Å². The van der Waals surface area contributed by atoms with E-state index in [2.05, 4.69) is 20.3 Å². The molecule has 0 aliphatic carbocycles. The van der Waals surface area contributed by atoms with Crippen molar-refractivity contribution in [3.8, 4) is 10.7 Å². The van der Waals surface area contributed by atoms with Crippen LogP contribution in [0.1, 0.15) is 21.1 Å². The van der Waals surface area contributed by atoms with Gasteiger partial charge >= 0.3 is 0 Å². The lowest BCUT2D eigenvalue weighted by Gasteiger charge is -2.01. The number of nitrogens with one attached hydrogen (secondary N) is 1. The zero-order valence-corrected chi connectivity index (χ0v) is 15.4. The molecule has 0 aliphatic rings. The number of thiazole rings is 1. The molecule has 0 saturated heterocycles. The van der Waals surface area contributed by atoms with E-state index in [4.69, 9.17) is 11.6 Å². The van der Waals surface area contributed by atoms with Crippen molar-refractivity contribution in [1.29, 1.82) is 0 Å². The lowest BCUT2D eigenvalue weighted by atomic mass is 10.3. The number of carbonyl (C=O) groups excluding carboxylic acids is 1. The molecule has 0 bridgehead atoms. The first-order chi connectivity index (χ1) is 12.6. The summed E-state index contributed by atoms with van der Waals surface area (Å²) in [6, 6.07) is 9.24. The van der Waals surface area contributed by atoms with E-state index < -0.39 is 0 Å². The maximum atomic E-state index is 12.5. The van der Waals surface area contributed by atoms with E-state index in [1.54, 1.807) is 18.5 Å². The Balaban J connectivity index is 1.50. The van der Waals surface area contributed by atoms with Gasteiger partial charge in [0.05, 0.1) is 28.6 Å². The average molecular weight is 384 g/mol. The first kappa shape index (κ1) is 16.7. The van der Waals surface area contributed by atoms with E-state index >= 15 is 0 Å². The van der Waals surface area contributed by atoms with E-state index in [1.807, 2.05) is 41.8 Å². The van der Waals surface area contributed by atoms with Gasteiger partial charge in [-0.25, -0.2) is 9.97 Å². The highest BCUT2D eigenvalue weighted by molar-refractivity contribution is 7.17. The molecular weight excluding hydrogens is 370 g/mol. The Morgan fingerprint density at radius 2 is 2.12 bits per heavy atom. The molecule has 4 rings (SSSR count). The monoisotopic (exact) mass is 383 g/mol. The van der Waals surface area contributed by atoms with Crippen molar-refractivity contribution in [3.63, 3.8) is 0 Å². The van der Waals surface area contributed by atoms with Gasteiger partial charge in [-0.15, -0.1) is 11.3 Å². The van der Waals surface area contributed by atoms with Gasteiger partial charge in [-0.3, -0.25) is 9.78 Å². The summed E-state index contributed by atoms with van der Waals surface area (Å²) in [5, 5.41) is 4.26. The molecule has 130 valence electrons. The van der Waals surface area contributed by atoms with Crippen LogP contribution >= 0.6 is 22.9 Å². The van der Waals surface area contributed by atoms with E-state index in [9.17, 15) is 4.79 Å². The Hall–Kier alpha value is -2.77. The number of carbonyl (C=O) groups is 1. The van der Waals surface area contributed by atoms with Crippen molar-refractivity contribution < 1.29 is 4.79 Å². The van der Waals surface area contributed by atoms with Crippen LogP contribution in [0.5, 0.6) is 0 Å². The number of pyridine rings is 2. The number of hydrogen-bond donors (Lipinski definition) is 1. The van der Waals surface area contributed by atoms with Crippen LogP contribution in [-0.2, 0) is 6.54 Å². The lowest BCUT2D eigenvalue weighted by Crippen LogP contribution is -2.22. The second-order valence-electron chi connectivity index (χ2n) is 5.68. The molecule has 0 aliphatic heterocycles. The number of rotatable bonds is 4. The summed E-state index contributed by atoms with van der Waals surface area (Å²) in [6.07, 6.45) is 5.34. The van der Waals surface area contributed by atoms with E-state index in [1.165, 1.54) is 11.3 Å². The topological polar surface area (TPSA) is 72.2 Å². The highest BCUT2D eigenvalue weighted by Gasteiger charge is 2.17. The maximum absolute atomic E-state index is 12.5. The first-order valence-electron chi connectivity index (χ1n) is 7.90. The molecule has 0 fully saturated rings. The maximum Gasteiger partial charge on any atom is 0.263 e. The van der Waals surface area contributed by atoms with Gasteiger partial charge in [0.1, 0.15) is 15.5 Å². The Morgan fingerprint density at radius 1 is 1.23 bits per heavy atom. The molecule has 0 saturated carbocycles. The Labute approximate surface area is 158 Å². The largest absolute Gasteiger partial charge is 0.346 e. The third-order valence-electron chi connectivity index (χ3n) is 3.78. The van der Waals surface area contributed by atoms with Gasteiger partial charge in [-0.05, 0) is 31.2 Å². The predicted molar refractivity (Wildman–Crippen MR) is 101 cm³/mol. The second-order valence-corrected chi connectivity index (χ2v) is 7.11. The number of hydrogen-bond acceptors (Lipinski definition) is 5. The Morgan fingerprint density at radius 3 is 2.92 bits per heavy atom. The number of amides is 1. The van der Waals surface area contributed by atoms with E-state index in [0.717, 1.165) is 22.0 Å². The fourth-order valence-electron chi connectivity index (χ4n) is 2.56. The van der Waals surface area contributed by atoms with Crippen molar-refractivity contribution in [2.45, 2.75) is 13.5 Å². The van der Waals surface area contributed by atoms with Gasteiger partial charge in [-0.2, -0.15) is 0 Å². The van der Waals surface area contributed by atoms with Crippen LogP contribution in [0.4, 0.5) is 0 Å². The zero-order valence-electron chi connectivity index (χ0n) is 13.8. The molecule has 0 atom stereocenters. The third-order valence-corrected chi connectivity index (χ3v) is 5.18.